The number of hydrogen-bond acceptors (Lipinski definition) is 4. The van der Waals surface area contributed by atoms with Gasteiger partial charge in [-0.3, -0.25) is 9.69 Å². The molecule has 0 aromatic heterocycles. The Morgan fingerprint density at radius 3 is 2.83 bits per heavy atom. The van der Waals surface area contributed by atoms with Crippen molar-refractivity contribution in [1.82, 2.24) is 9.80 Å². The Morgan fingerprint density at radius 2 is 2.28 bits per heavy atom. The van der Waals surface area contributed by atoms with Crippen LogP contribution in [0.3, 0.4) is 0 Å². The van der Waals surface area contributed by atoms with Crippen molar-refractivity contribution in [2.75, 3.05) is 39.0 Å². The highest BCUT2D eigenvalue weighted by Crippen LogP contribution is 2.40. The summed E-state index contributed by atoms with van der Waals surface area (Å²) in [5, 5.41) is 9.50. The van der Waals surface area contributed by atoms with E-state index < -0.39 is 0 Å². The average molecular weight is 270 g/mol. The highest BCUT2D eigenvalue weighted by molar-refractivity contribution is 8.00. The van der Waals surface area contributed by atoms with E-state index in [1.165, 1.54) is 6.42 Å². The van der Waals surface area contributed by atoms with Gasteiger partial charge in [-0.05, 0) is 38.0 Å². The van der Waals surface area contributed by atoms with Gasteiger partial charge in [0.2, 0.25) is 5.91 Å². The minimum atomic E-state index is 0.173. The molecule has 1 N–H and O–H groups in total. The van der Waals surface area contributed by atoms with E-state index in [1.807, 2.05) is 16.7 Å². The van der Waals surface area contributed by atoms with Crippen LogP contribution in [-0.4, -0.2) is 70.6 Å². The molecule has 3 saturated heterocycles. The van der Waals surface area contributed by atoms with Crippen LogP contribution in [0.4, 0.5) is 0 Å². The summed E-state index contributed by atoms with van der Waals surface area (Å²) >= 11 is 1.82. The van der Waals surface area contributed by atoms with Gasteiger partial charge in [0.25, 0.3) is 0 Å². The van der Waals surface area contributed by atoms with Gasteiger partial charge in [0.05, 0.1) is 10.8 Å². The number of nitrogens with zero attached hydrogens (tertiary/aromatic N) is 2. The minimum Gasteiger partial charge on any atom is -0.396 e. The third kappa shape index (κ3) is 1.96. The van der Waals surface area contributed by atoms with Crippen molar-refractivity contribution in [1.29, 1.82) is 0 Å². The average Bonchev–Trinajstić information content (AvgIpc) is 2.93. The van der Waals surface area contributed by atoms with Gasteiger partial charge >= 0.3 is 0 Å². The first-order valence-electron chi connectivity index (χ1n) is 6.87. The highest BCUT2D eigenvalue weighted by Gasteiger charge is 2.53. The van der Waals surface area contributed by atoms with Gasteiger partial charge in [-0.1, -0.05) is 0 Å². The van der Waals surface area contributed by atoms with E-state index in [0.29, 0.717) is 11.8 Å². The zero-order chi connectivity index (χ0) is 12.8. The SMILES string of the molecule is CN1C[C@@H](CO)CC12CN(C(=O)[C@H]1CCCS1)C2. The Hall–Kier alpha value is -0.260. The predicted molar refractivity (Wildman–Crippen MR) is 72.6 cm³/mol. The molecule has 0 radical (unpaired) electrons. The fraction of sp³-hybridized carbons (Fsp3) is 0.923. The number of thioether (sulfide) groups is 1. The van der Waals surface area contributed by atoms with E-state index >= 15 is 0 Å². The Balaban J connectivity index is 1.57. The molecule has 3 aliphatic heterocycles. The Kier molecular flexibility index (Phi) is 3.32. The van der Waals surface area contributed by atoms with Crippen LogP contribution in [0.2, 0.25) is 0 Å². The first-order valence-corrected chi connectivity index (χ1v) is 7.92. The summed E-state index contributed by atoms with van der Waals surface area (Å²) in [4.78, 5) is 16.6. The molecule has 4 nitrogen and oxygen atoms in total. The predicted octanol–water partition coefficient (Wildman–Crippen LogP) is 0.407. The molecule has 3 fully saturated rings. The number of rotatable bonds is 2. The van der Waals surface area contributed by atoms with Crippen molar-refractivity contribution in [3.05, 3.63) is 0 Å². The van der Waals surface area contributed by atoms with Gasteiger partial charge < -0.3 is 10.0 Å². The Bertz CT molecular complexity index is 338. The van der Waals surface area contributed by atoms with Crippen molar-refractivity contribution in [2.24, 2.45) is 5.92 Å². The lowest BCUT2D eigenvalue weighted by atomic mass is 9.84. The van der Waals surface area contributed by atoms with Crippen molar-refractivity contribution < 1.29 is 9.90 Å². The third-order valence-corrected chi connectivity index (χ3v) is 6.12. The van der Waals surface area contributed by atoms with Gasteiger partial charge in [-0.15, -0.1) is 11.8 Å². The standard InChI is InChI=1S/C13H22N2O2S/c1-14-6-10(7-16)5-13(14)8-15(9-13)12(17)11-3-2-4-18-11/h10-11,16H,2-9H2,1H3/t10-,11+/m0/s1. The van der Waals surface area contributed by atoms with E-state index in [9.17, 15) is 9.90 Å². The molecule has 3 aliphatic rings. The minimum absolute atomic E-state index is 0.173. The van der Waals surface area contributed by atoms with Crippen LogP contribution >= 0.6 is 11.8 Å². The van der Waals surface area contributed by atoms with Crippen molar-refractivity contribution in [3.8, 4) is 0 Å². The molecular formula is C13H22N2O2S. The topological polar surface area (TPSA) is 43.8 Å². The van der Waals surface area contributed by atoms with Crippen LogP contribution in [0.15, 0.2) is 0 Å². The molecule has 3 heterocycles. The molecular weight excluding hydrogens is 248 g/mol. The molecule has 5 heteroatoms. The molecule has 0 bridgehead atoms. The number of carbonyl (C=O) groups excluding carboxylic acids is 1. The van der Waals surface area contributed by atoms with Gasteiger partial charge in [0.15, 0.2) is 0 Å². The smallest absolute Gasteiger partial charge is 0.235 e. The molecule has 3 rings (SSSR count). The molecule has 102 valence electrons. The van der Waals surface area contributed by atoms with Crippen LogP contribution in [0, 0.1) is 5.92 Å². The summed E-state index contributed by atoms with van der Waals surface area (Å²) in [5.74, 6) is 1.89. The normalized spacial score (nSPS) is 35.1. The fourth-order valence-electron chi connectivity index (χ4n) is 3.63. The van der Waals surface area contributed by atoms with Crippen LogP contribution in [0.1, 0.15) is 19.3 Å². The largest absolute Gasteiger partial charge is 0.396 e. The lowest BCUT2D eigenvalue weighted by molar-refractivity contribution is -0.142. The quantitative estimate of drug-likeness (QED) is 0.789. The number of amides is 1. The maximum absolute atomic E-state index is 12.3. The van der Waals surface area contributed by atoms with E-state index in [-0.39, 0.29) is 17.4 Å². The second-order valence-electron chi connectivity index (χ2n) is 6.05. The van der Waals surface area contributed by atoms with Crippen LogP contribution in [0.5, 0.6) is 0 Å². The van der Waals surface area contributed by atoms with Gasteiger partial charge in [0, 0.05) is 26.2 Å². The second kappa shape index (κ2) is 4.69. The fourth-order valence-corrected chi connectivity index (χ4v) is 4.87. The van der Waals surface area contributed by atoms with Crippen LogP contribution in [0.25, 0.3) is 0 Å². The van der Waals surface area contributed by atoms with E-state index in [0.717, 1.165) is 38.2 Å². The maximum atomic E-state index is 12.3. The zero-order valence-corrected chi connectivity index (χ0v) is 11.8. The van der Waals surface area contributed by atoms with E-state index in [2.05, 4.69) is 11.9 Å². The first-order chi connectivity index (χ1) is 8.64. The summed E-state index contributed by atoms with van der Waals surface area (Å²) in [7, 11) is 2.13. The number of likely N-dealkylation sites (N-methyl/N-ethyl adjacent to an activating group) is 1. The summed E-state index contributed by atoms with van der Waals surface area (Å²) in [5.41, 5.74) is 0.173. The number of hydrogen-bond donors (Lipinski definition) is 1. The number of aliphatic hydroxyl groups excluding tert-OH is 1. The summed E-state index contributed by atoms with van der Waals surface area (Å²) in [6, 6.07) is 0. The van der Waals surface area contributed by atoms with Gasteiger partial charge in [-0.25, -0.2) is 0 Å². The first kappa shape index (κ1) is 12.8. The molecule has 18 heavy (non-hydrogen) atoms. The highest BCUT2D eigenvalue weighted by atomic mass is 32.2. The molecule has 2 atom stereocenters. The van der Waals surface area contributed by atoms with Crippen molar-refractivity contribution in [3.63, 3.8) is 0 Å². The van der Waals surface area contributed by atoms with Gasteiger partial charge in [-0.2, -0.15) is 0 Å². The number of likely N-dealkylation sites (tertiary alicyclic amines) is 2. The van der Waals surface area contributed by atoms with E-state index in [1.54, 1.807) is 0 Å². The summed E-state index contributed by atoms with van der Waals surface area (Å²) in [6.45, 7) is 2.99. The monoisotopic (exact) mass is 270 g/mol. The summed E-state index contributed by atoms with van der Waals surface area (Å²) < 4.78 is 0. The second-order valence-corrected chi connectivity index (χ2v) is 7.36. The Morgan fingerprint density at radius 1 is 1.50 bits per heavy atom. The van der Waals surface area contributed by atoms with E-state index in [4.69, 9.17) is 0 Å². The van der Waals surface area contributed by atoms with Gasteiger partial charge in [0.1, 0.15) is 0 Å². The van der Waals surface area contributed by atoms with Crippen molar-refractivity contribution >= 4 is 17.7 Å². The molecule has 0 aliphatic carbocycles. The molecule has 0 aromatic rings. The summed E-state index contributed by atoms with van der Waals surface area (Å²) in [6.07, 6.45) is 3.29. The Labute approximate surface area is 113 Å². The maximum Gasteiger partial charge on any atom is 0.235 e. The zero-order valence-electron chi connectivity index (χ0n) is 11.0. The third-order valence-electron chi connectivity index (χ3n) is 4.76. The molecule has 1 amide bonds. The molecule has 0 aromatic carbocycles. The lowest BCUT2D eigenvalue weighted by Gasteiger charge is -2.52. The molecule has 0 saturated carbocycles. The number of aliphatic hydroxyl groups is 1. The molecule has 0 unspecified atom stereocenters. The number of carbonyl (C=O) groups is 1. The lowest BCUT2D eigenvalue weighted by Crippen LogP contribution is -2.69. The van der Waals surface area contributed by atoms with Crippen LogP contribution in [-0.2, 0) is 4.79 Å². The molecule has 1 spiro atoms. The van der Waals surface area contributed by atoms with Crippen molar-refractivity contribution in [2.45, 2.75) is 30.1 Å². The van der Waals surface area contributed by atoms with Crippen LogP contribution < -0.4 is 0 Å².